The van der Waals surface area contributed by atoms with Crippen molar-refractivity contribution in [1.29, 1.82) is 0 Å². The van der Waals surface area contributed by atoms with Gasteiger partial charge in [-0.3, -0.25) is 19.0 Å². The van der Waals surface area contributed by atoms with E-state index in [-0.39, 0.29) is 6.54 Å². The van der Waals surface area contributed by atoms with Gasteiger partial charge in [0, 0.05) is 10.6 Å². The molecule has 1 aliphatic rings. The van der Waals surface area contributed by atoms with Gasteiger partial charge in [0.15, 0.2) is 0 Å². The number of benzene rings is 1. The van der Waals surface area contributed by atoms with Gasteiger partial charge in [0.1, 0.15) is 17.9 Å². The van der Waals surface area contributed by atoms with Crippen LogP contribution in [0.5, 0.6) is 0 Å². The van der Waals surface area contributed by atoms with Gasteiger partial charge in [0.25, 0.3) is 5.56 Å². The lowest BCUT2D eigenvalue weighted by Crippen LogP contribution is -2.43. The van der Waals surface area contributed by atoms with E-state index < -0.39 is 29.7 Å². The van der Waals surface area contributed by atoms with Crippen LogP contribution in [0.15, 0.2) is 39.9 Å². The Hall–Kier alpha value is -3.20. The van der Waals surface area contributed by atoms with E-state index in [0.29, 0.717) is 26.9 Å². The molecule has 1 amide bonds. The number of carboxylic acid groups (broad SMARTS) is 1. The molecule has 29 heavy (non-hydrogen) atoms. The number of aryl methyl sites for hydroxylation is 2. The van der Waals surface area contributed by atoms with E-state index in [1.54, 1.807) is 24.3 Å². The zero-order chi connectivity index (χ0) is 20.5. The number of para-hydroxylation sites is 1. The zero-order valence-electron chi connectivity index (χ0n) is 15.5. The highest BCUT2D eigenvalue weighted by atomic mass is 32.1. The summed E-state index contributed by atoms with van der Waals surface area (Å²) in [6, 6.07) is 8.83. The van der Waals surface area contributed by atoms with Crippen molar-refractivity contribution in [3.05, 3.63) is 61.6 Å². The second-order valence-corrected chi connectivity index (χ2v) is 8.04. The van der Waals surface area contributed by atoms with E-state index in [2.05, 4.69) is 5.32 Å². The molecule has 0 unspecified atom stereocenters. The minimum absolute atomic E-state index is 0.302. The normalized spacial score (nSPS) is 13.2. The van der Waals surface area contributed by atoms with Crippen molar-refractivity contribution in [1.82, 2.24) is 9.13 Å². The molecule has 150 valence electrons. The van der Waals surface area contributed by atoms with Crippen molar-refractivity contribution in [2.75, 3.05) is 5.32 Å². The third-order valence-electron chi connectivity index (χ3n) is 4.97. The Kier molecular flexibility index (Phi) is 5.06. The highest BCUT2D eigenvalue weighted by Crippen LogP contribution is 2.34. The molecule has 2 aromatic heterocycles. The number of thiophene rings is 1. The predicted octanol–water partition coefficient (Wildman–Crippen LogP) is 1.83. The summed E-state index contributed by atoms with van der Waals surface area (Å²) in [6.45, 7) is -1.04. The smallest absolute Gasteiger partial charge is 0.333 e. The Morgan fingerprint density at radius 3 is 2.48 bits per heavy atom. The number of hydrogen-bond acceptors (Lipinski definition) is 5. The van der Waals surface area contributed by atoms with Gasteiger partial charge in [-0.2, -0.15) is 0 Å². The first-order valence-electron chi connectivity index (χ1n) is 9.30. The van der Waals surface area contributed by atoms with Crippen LogP contribution in [0.3, 0.4) is 0 Å². The average Bonchev–Trinajstić information content (AvgIpc) is 3.08. The predicted molar refractivity (Wildman–Crippen MR) is 110 cm³/mol. The van der Waals surface area contributed by atoms with Gasteiger partial charge >= 0.3 is 11.7 Å². The standard InChI is InChI=1S/C20H19N3O5S/c24-15(21-12-6-2-1-3-7-12)10-23-19-17(13-8-4-5-9-14(13)29-19)18(27)22(20(23)28)11-16(25)26/h1-3,6-7H,4-5,8-11H2,(H,21,24)(H,25,26). The molecule has 3 aromatic rings. The fourth-order valence-corrected chi connectivity index (χ4v) is 5.07. The van der Waals surface area contributed by atoms with E-state index in [4.69, 9.17) is 5.11 Å². The summed E-state index contributed by atoms with van der Waals surface area (Å²) < 4.78 is 1.93. The van der Waals surface area contributed by atoms with Crippen LogP contribution in [0.25, 0.3) is 10.2 Å². The summed E-state index contributed by atoms with van der Waals surface area (Å²) in [7, 11) is 0. The van der Waals surface area contributed by atoms with Crippen molar-refractivity contribution in [3.8, 4) is 0 Å². The lowest BCUT2D eigenvalue weighted by atomic mass is 9.97. The number of carbonyl (C=O) groups is 2. The average molecular weight is 413 g/mol. The van der Waals surface area contributed by atoms with Crippen LogP contribution in [0.2, 0.25) is 0 Å². The molecule has 1 aliphatic carbocycles. The summed E-state index contributed by atoms with van der Waals surface area (Å²) in [6.07, 6.45) is 3.47. The second-order valence-electron chi connectivity index (χ2n) is 6.96. The molecule has 0 fully saturated rings. The van der Waals surface area contributed by atoms with Crippen LogP contribution in [-0.4, -0.2) is 26.1 Å². The molecule has 2 N–H and O–H groups in total. The number of amides is 1. The molecule has 0 radical (unpaired) electrons. The maximum atomic E-state index is 12.9. The Balaban J connectivity index is 1.84. The maximum Gasteiger partial charge on any atom is 0.333 e. The van der Waals surface area contributed by atoms with E-state index >= 15 is 0 Å². The molecule has 1 aromatic carbocycles. The van der Waals surface area contributed by atoms with E-state index in [0.717, 1.165) is 29.7 Å². The van der Waals surface area contributed by atoms with Crippen molar-refractivity contribution in [2.45, 2.75) is 38.8 Å². The third kappa shape index (κ3) is 3.61. The number of hydrogen-bond donors (Lipinski definition) is 2. The van der Waals surface area contributed by atoms with E-state index in [9.17, 15) is 19.2 Å². The molecule has 0 aliphatic heterocycles. The Morgan fingerprint density at radius 1 is 1.03 bits per heavy atom. The van der Waals surface area contributed by atoms with Crippen molar-refractivity contribution >= 4 is 39.1 Å². The number of rotatable bonds is 5. The highest BCUT2D eigenvalue weighted by Gasteiger charge is 2.25. The number of nitrogens with one attached hydrogen (secondary N) is 1. The lowest BCUT2D eigenvalue weighted by molar-refractivity contribution is -0.137. The monoisotopic (exact) mass is 413 g/mol. The topological polar surface area (TPSA) is 110 Å². The van der Waals surface area contributed by atoms with Gasteiger partial charge in [0.05, 0.1) is 5.39 Å². The fourth-order valence-electron chi connectivity index (χ4n) is 3.70. The molecule has 2 heterocycles. The van der Waals surface area contributed by atoms with Crippen LogP contribution in [0.1, 0.15) is 23.3 Å². The van der Waals surface area contributed by atoms with Crippen LogP contribution in [-0.2, 0) is 35.5 Å². The lowest BCUT2D eigenvalue weighted by Gasteiger charge is -2.12. The third-order valence-corrected chi connectivity index (χ3v) is 6.29. The molecule has 0 bridgehead atoms. The van der Waals surface area contributed by atoms with Gasteiger partial charge in [0.2, 0.25) is 5.91 Å². The van der Waals surface area contributed by atoms with Crippen LogP contribution in [0, 0.1) is 0 Å². The molecule has 4 rings (SSSR count). The Bertz CT molecular complexity index is 1220. The molecule has 0 atom stereocenters. The summed E-state index contributed by atoms with van der Waals surface area (Å²) in [5, 5.41) is 12.3. The summed E-state index contributed by atoms with van der Waals surface area (Å²) in [5.74, 6) is -1.71. The molecule has 0 saturated heterocycles. The van der Waals surface area contributed by atoms with Gasteiger partial charge in [-0.05, 0) is 43.4 Å². The first-order chi connectivity index (χ1) is 14.0. The van der Waals surface area contributed by atoms with E-state index in [1.165, 1.54) is 15.9 Å². The zero-order valence-corrected chi connectivity index (χ0v) is 16.3. The first-order valence-corrected chi connectivity index (χ1v) is 10.1. The van der Waals surface area contributed by atoms with Crippen molar-refractivity contribution < 1.29 is 14.7 Å². The van der Waals surface area contributed by atoms with Crippen molar-refractivity contribution in [2.24, 2.45) is 0 Å². The summed E-state index contributed by atoms with van der Waals surface area (Å²) >= 11 is 1.35. The van der Waals surface area contributed by atoms with Crippen molar-refractivity contribution in [3.63, 3.8) is 0 Å². The molecule has 0 saturated carbocycles. The van der Waals surface area contributed by atoms with Crippen LogP contribution < -0.4 is 16.6 Å². The molecule has 9 heteroatoms. The van der Waals surface area contributed by atoms with Gasteiger partial charge in [-0.1, -0.05) is 18.2 Å². The largest absolute Gasteiger partial charge is 0.480 e. The number of carboxylic acids is 1. The Morgan fingerprint density at radius 2 is 1.76 bits per heavy atom. The number of carbonyl (C=O) groups excluding carboxylic acids is 1. The molecular formula is C20H19N3O5S. The van der Waals surface area contributed by atoms with Crippen LogP contribution >= 0.6 is 11.3 Å². The summed E-state index contributed by atoms with van der Waals surface area (Å²) in [4.78, 5) is 51.1. The number of aliphatic carboxylic acids is 1. The number of fused-ring (bicyclic) bond motifs is 3. The minimum atomic E-state index is -1.28. The second kappa shape index (κ2) is 7.67. The Labute approximate surface area is 169 Å². The quantitative estimate of drug-likeness (QED) is 0.663. The number of anilines is 1. The highest BCUT2D eigenvalue weighted by molar-refractivity contribution is 7.18. The molecule has 8 nitrogen and oxygen atoms in total. The SMILES string of the molecule is O=C(O)Cn1c(=O)c2c3c(sc2n(CC(=O)Nc2ccccc2)c1=O)CCCC3. The minimum Gasteiger partial charge on any atom is -0.480 e. The molecule has 0 spiro atoms. The number of nitrogens with zero attached hydrogens (tertiary/aromatic N) is 2. The number of aromatic nitrogens is 2. The maximum absolute atomic E-state index is 12.9. The van der Waals surface area contributed by atoms with Gasteiger partial charge in [-0.15, -0.1) is 11.3 Å². The summed E-state index contributed by atoms with van der Waals surface area (Å²) in [5.41, 5.74) is 0.0990. The first kappa shape index (κ1) is 19.1. The van der Waals surface area contributed by atoms with Crippen LogP contribution in [0.4, 0.5) is 5.69 Å². The van der Waals surface area contributed by atoms with E-state index in [1.807, 2.05) is 6.07 Å². The van der Waals surface area contributed by atoms with Gasteiger partial charge < -0.3 is 10.4 Å². The molecular weight excluding hydrogens is 394 g/mol. The fraction of sp³-hybridized carbons (Fsp3) is 0.300. The van der Waals surface area contributed by atoms with Gasteiger partial charge in [-0.25, -0.2) is 9.36 Å².